The first-order valence-electron chi connectivity index (χ1n) is 7.38. The third-order valence-corrected chi connectivity index (χ3v) is 3.93. The molecule has 106 valence electrons. The number of anilines is 1. The molecule has 1 fully saturated rings. The van der Waals surface area contributed by atoms with Crippen molar-refractivity contribution in [1.82, 2.24) is 15.1 Å². The topological polar surface area (TPSA) is 44.0 Å². The number of aromatic amines is 1. The molecule has 1 aliphatic rings. The molecular weight excluding hydrogens is 248 g/mol. The summed E-state index contributed by atoms with van der Waals surface area (Å²) in [4.78, 5) is 2.52. The summed E-state index contributed by atoms with van der Waals surface area (Å²) in [5.74, 6) is 0. The third-order valence-electron chi connectivity index (χ3n) is 3.93. The van der Waals surface area contributed by atoms with Crippen molar-refractivity contribution in [3.05, 3.63) is 47.8 Å². The zero-order valence-electron chi connectivity index (χ0n) is 12.0. The second-order valence-corrected chi connectivity index (χ2v) is 5.56. The van der Waals surface area contributed by atoms with Crippen LogP contribution in [0.1, 0.15) is 37.1 Å². The van der Waals surface area contributed by atoms with Gasteiger partial charge in [0.15, 0.2) is 0 Å². The summed E-state index contributed by atoms with van der Waals surface area (Å²) in [6, 6.07) is 11.0. The van der Waals surface area contributed by atoms with Gasteiger partial charge in [0, 0.05) is 18.4 Å². The van der Waals surface area contributed by atoms with Gasteiger partial charge in [0.2, 0.25) is 0 Å². The summed E-state index contributed by atoms with van der Waals surface area (Å²) in [5, 5.41) is 10.5. The number of hydrogen-bond acceptors (Lipinski definition) is 3. The number of benzene rings is 1. The maximum atomic E-state index is 3.99. The van der Waals surface area contributed by atoms with Crippen molar-refractivity contribution in [3.63, 3.8) is 0 Å². The van der Waals surface area contributed by atoms with Crippen LogP contribution in [0.5, 0.6) is 0 Å². The molecule has 0 saturated carbocycles. The molecule has 1 aliphatic heterocycles. The van der Waals surface area contributed by atoms with Gasteiger partial charge >= 0.3 is 0 Å². The van der Waals surface area contributed by atoms with E-state index in [1.54, 1.807) is 6.20 Å². The summed E-state index contributed by atoms with van der Waals surface area (Å²) >= 11 is 0. The van der Waals surface area contributed by atoms with Crippen LogP contribution in [0.25, 0.3) is 0 Å². The lowest BCUT2D eigenvalue weighted by Crippen LogP contribution is -2.18. The van der Waals surface area contributed by atoms with Crippen LogP contribution in [-0.2, 0) is 6.54 Å². The van der Waals surface area contributed by atoms with E-state index in [1.807, 2.05) is 6.07 Å². The molecule has 2 N–H and O–H groups in total. The van der Waals surface area contributed by atoms with Crippen LogP contribution in [0.4, 0.5) is 5.69 Å². The van der Waals surface area contributed by atoms with Crippen LogP contribution >= 0.6 is 0 Å². The standard InChI is InChI=1S/C16H22N4/c1-13(16-8-9-17-19-16)18-15-6-4-14(5-7-15)12-20-10-2-3-11-20/h4-9,13,18H,2-3,10-12H2,1H3,(H,17,19). The number of aromatic nitrogens is 2. The lowest BCUT2D eigenvalue weighted by molar-refractivity contribution is 0.331. The van der Waals surface area contributed by atoms with Gasteiger partial charge in [0.05, 0.1) is 11.7 Å². The first-order chi connectivity index (χ1) is 9.81. The Balaban J connectivity index is 1.58. The van der Waals surface area contributed by atoms with Crippen molar-refractivity contribution in [2.75, 3.05) is 18.4 Å². The molecule has 1 aromatic heterocycles. The van der Waals surface area contributed by atoms with Gasteiger partial charge < -0.3 is 5.32 Å². The predicted octanol–water partition coefficient (Wildman–Crippen LogP) is 3.18. The van der Waals surface area contributed by atoms with Gasteiger partial charge in [0.1, 0.15) is 0 Å². The minimum Gasteiger partial charge on any atom is -0.377 e. The quantitative estimate of drug-likeness (QED) is 0.877. The first kappa shape index (κ1) is 13.2. The van der Waals surface area contributed by atoms with Gasteiger partial charge in [-0.05, 0) is 56.6 Å². The second kappa shape index (κ2) is 6.09. The van der Waals surface area contributed by atoms with Crippen molar-refractivity contribution in [2.24, 2.45) is 0 Å². The van der Waals surface area contributed by atoms with Gasteiger partial charge in [-0.1, -0.05) is 12.1 Å². The van der Waals surface area contributed by atoms with E-state index in [9.17, 15) is 0 Å². The van der Waals surface area contributed by atoms with E-state index in [2.05, 4.69) is 51.6 Å². The average Bonchev–Trinajstić information content (AvgIpc) is 3.13. The SMILES string of the molecule is CC(Nc1ccc(CN2CCCC2)cc1)c1ccn[nH]1. The van der Waals surface area contributed by atoms with Crippen LogP contribution in [0.3, 0.4) is 0 Å². The molecule has 2 heterocycles. The Kier molecular flexibility index (Phi) is 4.02. The Hall–Kier alpha value is -1.81. The summed E-state index contributed by atoms with van der Waals surface area (Å²) in [5.41, 5.74) is 3.65. The molecule has 1 unspecified atom stereocenters. The highest BCUT2D eigenvalue weighted by Crippen LogP contribution is 2.19. The fourth-order valence-electron chi connectivity index (χ4n) is 2.74. The molecule has 3 rings (SSSR count). The fraction of sp³-hybridized carbons (Fsp3) is 0.438. The fourth-order valence-corrected chi connectivity index (χ4v) is 2.74. The first-order valence-corrected chi connectivity index (χ1v) is 7.38. The lowest BCUT2D eigenvalue weighted by atomic mass is 10.1. The van der Waals surface area contributed by atoms with Crippen molar-refractivity contribution < 1.29 is 0 Å². The molecular formula is C16H22N4. The Morgan fingerprint density at radius 1 is 1.20 bits per heavy atom. The van der Waals surface area contributed by atoms with Crippen molar-refractivity contribution in [3.8, 4) is 0 Å². The van der Waals surface area contributed by atoms with Crippen LogP contribution in [0, 0.1) is 0 Å². The van der Waals surface area contributed by atoms with E-state index in [1.165, 1.54) is 31.5 Å². The monoisotopic (exact) mass is 270 g/mol. The maximum Gasteiger partial charge on any atom is 0.0651 e. The number of likely N-dealkylation sites (tertiary alicyclic amines) is 1. The lowest BCUT2D eigenvalue weighted by Gasteiger charge is -2.16. The number of nitrogens with zero attached hydrogens (tertiary/aromatic N) is 2. The van der Waals surface area contributed by atoms with Gasteiger partial charge in [0.25, 0.3) is 0 Å². The molecule has 1 aromatic carbocycles. The summed E-state index contributed by atoms with van der Waals surface area (Å²) in [7, 11) is 0. The normalized spacial score (nSPS) is 17.2. The van der Waals surface area contributed by atoms with Gasteiger partial charge in [-0.2, -0.15) is 5.10 Å². The number of H-pyrrole nitrogens is 1. The maximum absolute atomic E-state index is 3.99. The highest BCUT2D eigenvalue weighted by atomic mass is 15.1. The van der Waals surface area contributed by atoms with E-state index in [0.717, 1.165) is 17.9 Å². The number of rotatable bonds is 5. The van der Waals surface area contributed by atoms with Gasteiger partial charge in [-0.25, -0.2) is 0 Å². The number of hydrogen-bond donors (Lipinski definition) is 2. The molecule has 0 aliphatic carbocycles. The zero-order chi connectivity index (χ0) is 13.8. The van der Waals surface area contributed by atoms with Gasteiger partial charge in [-0.3, -0.25) is 10.00 Å². The highest BCUT2D eigenvalue weighted by molar-refractivity contribution is 5.46. The van der Waals surface area contributed by atoms with E-state index in [-0.39, 0.29) is 6.04 Å². The molecule has 4 heteroatoms. The van der Waals surface area contributed by atoms with Crippen LogP contribution < -0.4 is 5.32 Å². The zero-order valence-corrected chi connectivity index (χ0v) is 12.0. The smallest absolute Gasteiger partial charge is 0.0651 e. The van der Waals surface area contributed by atoms with E-state index < -0.39 is 0 Å². The Labute approximate surface area is 120 Å². The molecule has 4 nitrogen and oxygen atoms in total. The van der Waals surface area contributed by atoms with Crippen molar-refractivity contribution >= 4 is 5.69 Å². The molecule has 20 heavy (non-hydrogen) atoms. The molecule has 0 bridgehead atoms. The molecule has 0 amide bonds. The minimum atomic E-state index is 0.238. The molecule has 0 radical (unpaired) electrons. The molecule has 2 aromatic rings. The van der Waals surface area contributed by atoms with Crippen LogP contribution in [-0.4, -0.2) is 28.2 Å². The average molecular weight is 270 g/mol. The highest BCUT2D eigenvalue weighted by Gasteiger charge is 2.11. The minimum absolute atomic E-state index is 0.238. The third kappa shape index (κ3) is 3.20. The Morgan fingerprint density at radius 3 is 2.60 bits per heavy atom. The molecule has 0 spiro atoms. The largest absolute Gasteiger partial charge is 0.377 e. The summed E-state index contributed by atoms with van der Waals surface area (Å²) in [6.07, 6.45) is 4.48. The van der Waals surface area contributed by atoms with Crippen molar-refractivity contribution in [2.45, 2.75) is 32.4 Å². The van der Waals surface area contributed by atoms with E-state index >= 15 is 0 Å². The van der Waals surface area contributed by atoms with E-state index in [0.29, 0.717) is 0 Å². The van der Waals surface area contributed by atoms with E-state index in [4.69, 9.17) is 0 Å². The van der Waals surface area contributed by atoms with Crippen molar-refractivity contribution in [1.29, 1.82) is 0 Å². The molecule has 1 saturated heterocycles. The molecule has 1 atom stereocenters. The number of nitrogens with one attached hydrogen (secondary N) is 2. The Bertz CT molecular complexity index is 512. The Morgan fingerprint density at radius 2 is 1.95 bits per heavy atom. The second-order valence-electron chi connectivity index (χ2n) is 5.56. The summed E-state index contributed by atoms with van der Waals surface area (Å²) in [6.45, 7) is 5.70. The van der Waals surface area contributed by atoms with Crippen LogP contribution in [0.15, 0.2) is 36.5 Å². The predicted molar refractivity (Wildman–Crippen MR) is 81.6 cm³/mol. The van der Waals surface area contributed by atoms with Gasteiger partial charge in [-0.15, -0.1) is 0 Å². The van der Waals surface area contributed by atoms with Crippen LogP contribution in [0.2, 0.25) is 0 Å². The summed E-state index contributed by atoms with van der Waals surface area (Å²) < 4.78 is 0.